The minimum atomic E-state index is -0.314. The van der Waals surface area contributed by atoms with Crippen molar-refractivity contribution in [2.75, 3.05) is 45.2 Å². The number of carbonyl (C=O) groups is 2. The SMILES string of the molecule is CN(C)C(=O)N1CC(=O)N(c2ccccc2)CC12CCNC2. The molecule has 1 aromatic rings. The highest BCUT2D eigenvalue weighted by Gasteiger charge is 2.49. The van der Waals surface area contributed by atoms with Gasteiger partial charge in [-0.05, 0) is 25.1 Å². The lowest BCUT2D eigenvalue weighted by atomic mass is 9.92. The highest BCUT2D eigenvalue weighted by molar-refractivity contribution is 5.98. The Morgan fingerprint density at radius 3 is 2.59 bits per heavy atom. The molecule has 1 unspecified atom stereocenters. The van der Waals surface area contributed by atoms with Crippen molar-refractivity contribution >= 4 is 17.6 Å². The summed E-state index contributed by atoms with van der Waals surface area (Å²) in [6, 6.07) is 9.59. The van der Waals surface area contributed by atoms with Gasteiger partial charge in [0.25, 0.3) is 0 Å². The molecule has 3 amide bonds. The Morgan fingerprint density at radius 1 is 1.27 bits per heavy atom. The molecule has 2 saturated heterocycles. The minimum absolute atomic E-state index is 0.0288. The molecule has 0 radical (unpaired) electrons. The van der Waals surface area contributed by atoms with Gasteiger partial charge in [-0.1, -0.05) is 18.2 Å². The molecule has 1 N–H and O–H groups in total. The van der Waals surface area contributed by atoms with Gasteiger partial charge in [0, 0.05) is 26.3 Å². The second kappa shape index (κ2) is 5.61. The number of rotatable bonds is 1. The smallest absolute Gasteiger partial charge is 0.320 e. The number of piperazine rings is 1. The Balaban J connectivity index is 1.92. The number of amides is 3. The predicted octanol–water partition coefficient (Wildman–Crippen LogP) is 0.749. The van der Waals surface area contributed by atoms with Crippen LogP contribution in [0.15, 0.2) is 30.3 Å². The van der Waals surface area contributed by atoms with Crippen LogP contribution in [0.5, 0.6) is 0 Å². The Kier molecular flexibility index (Phi) is 3.78. The number of urea groups is 1. The molecule has 2 heterocycles. The van der Waals surface area contributed by atoms with Crippen LogP contribution in [0.4, 0.5) is 10.5 Å². The Bertz CT molecular complexity index is 567. The molecular weight excluding hydrogens is 280 g/mol. The van der Waals surface area contributed by atoms with Crippen molar-refractivity contribution in [2.24, 2.45) is 0 Å². The summed E-state index contributed by atoms with van der Waals surface area (Å²) in [6.07, 6.45) is 0.864. The Hall–Kier alpha value is -2.08. The van der Waals surface area contributed by atoms with E-state index in [2.05, 4.69) is 5.32 Å². The molecule has 1 spiro atoms. The first-order valence-electron chi connectivity index (χ1n) is 7.59. The normalized spacial score (nSPS) is 24.9. The summed E-state index contributed by atoms with van der Waals surface area (Å²) in [7, 11) is 3.46. The highest BCUT2D eigenvalue weighted by atomic mass is 16.2. The number of nitrogens with zero attached hydrogens (tertiary/aromatic N) is 3. The molecule has 6 heteroatoms. The van der Waals surface area contributed by atoms with Gasteiger partial charge in [-0.2, -0.15) is 0 Å². The molecule has 118 valence electrons. The molecule has 0 bridgehead atoms. The van der Waals surface area contributed by atoms with E-state index in [1.54, 1.807) is 23.9 Å². The van der Waals surface area contributed by atoms with Gasteiger partial charge in [-0.25, -0.2) is 4.79 Å². The summed E-state index contributed by atoms with van der Waals surface area (Å²) in [6.45, 7) is 2.27. The number of benzene rings is 1. The second-order valence-corrected chi connectivity index (χ2v) is 6.23. The lowest BCUT2D eigenvalue weighted by Gasteiger charge is -2.48. The number of carbonyl (C=O) groups excluding carboxylic acids is 2. The third kappa shape index (κ3) is 2.43. The fourth-order valence-corrected chi connectivity index (χ4v) is 3.31. The van der Waals surface area contributed by atoms with Crippen LogP contribution in [0, 0.1) is 0 Å². The fourth-order valence-electron chi connectivity index (χ4n) is 3.31. The van der Waals surface area contributed by atoms with Crippen molar-refractivity contribution in [3.63, 3.8) is 0 Å². The molecule has 1 atom stereocenters. The summed E-state index contributed by atoms with van der Waals surface area (Å²) in [4.78, 5) is 30.2. The molecule has 0 saturated carbocycles. The first-order valence-corrected chi connectivity index (χ1v) is 7.59. The lowest BCUT2D eigenvalue weighted by Crippen LogP contribution is -2.68. The van der Waals surface area contributed by atoms with Gasteiger partial charge >= 0.3 is 6.03 Å². The van der Waals surface area contributed by atoms with Crippen molar-refractivity contribution in [3.8, 4) is 0 Å². The quantitative estimate of drug-likeness (QED) is 0.833. The predicted molar refractivity (Wildman–Crippen MR) is 84.8 cm³/mol. The largest absolute Gasteiger partial charge is 0.331 e. The maximum atomic E-state index is 12.6. The molecule has 22 heavy (non-hydrogen) atoms. The van der Waals surface area contributed by atoms with Gasteiger partial charge in [0.05, 0.1) is 12.1 Å². The molecule has 0 aromatic heterocycles. The molecule has 0 aliphatic carbocycles. The van der Waals surface area contributed by atoms with Gasteiger partial charge in [-0.15, -0.1) is 0 Å². The van der Waals surface area contributed by atoms with Crippen LogP contribution in [0.3, 0.4) is 0 Å². The van der Waals surface area contributed by atoms with E-state index in [0.717, 1.165) is 25.2 Å². The zero-order chi connectivity index (χ0) is 15.7. The Labute approximate surface area is 130 Å². The van der Waals surface area contributed by atoms with Crippen LogP contribution >= 0.6 is 0 Å². The van der Waals surface area contributed by atoms with E-state index < -0.39 is 0 Å². The van der Waals surface area contributed by atoms with Crippen molar-refractivity contribution < 1.29 is 9.59 Å². The third-order valence-corrected chi connectivity index (χ3v) is 4.52. The van der Waals surface area contributed by atoms with Crippen molar-refractivity contribution in [2.45, 2.75) is 12.0 Å². The van der Waals surface area contributed by atoms with Crippen molar-refractivity contribution in [1.29, 1.82) is 0 Å². The van der Waals surface area contributed by atoms with Crippen LogP contribution in [-0.2, 0) is 4.79 Å². The second-order valence-electron chi connectivity index (χ2n) is 6.23. The number of anilines is 1. The van der Waals surface area contributed by atoms with E-state index in [-0.39, 0.29) is 24.0 Å². The summed E-state index contributed by atoms with van der Waals surface area (Å²) in [5.41, 5.74) is 0.584. The summed E-state index contributed by atoms with van der Waals surface area (Å²) in [5, 5.41) is 3.34. The van der Waals surface area contributed by atoms with E-state index in [9.17, 15) is 9.59 Å². The van der Waals surface area contributed by atoms with Gasteiger partial charge in [0.2, 0.25) is 5.91 Å². The highest BCUT2D eigenvalue weighted by Crippen LogP contribution is 2.31. The summed E-state index contributed by atoms with van der Waals surface area (Å²) in [5.74, 6) is -0.0288. The number of nitrogens with one attached hydrogen (secondary N) is 1. The van der Waals surface area contributed by atoms with Crippen LogP contribution < -0.4 is 10.2 Å². The average Bonchev–Trinajstić information content (AvgIpc) is 2.98. The number of hydrogen-bond donors (Lipinski definition) is 1. The molecule has 2 aliphatic heterocycles. The standard InChI is InChI=1S/C16H22N4O2/c1-18(2)15(22)20-10-14(21)19(13-6-4-3-5-7-13)12-16(20)8-9-17-11-16/h3-7,17H,8-12H2,1-2H3. The molecular formula is C16H22N4O2. The molecule has 2 fully saturated rings. The fraction of sp³-hybridized carbons (Fsp3) is 0.500. The average molecular weight is 302 g/mol. The zero-order valence-corrected chi connectivity index (χ0v) is 13.1. The maximum absolute atomic E-state index is 12.6. The topological polar surface area (TPSA) is 55.9 Å². The lowest BCUT2D eigenvalue weighted by molar-refractivity contribution is -0.123. The summed E-state index contributed by atoms with van der Waals surface area (Å²) < 4.78 is 0. The van der Waals surface area contributed by atoms with Crippen molar-refractivity contribution in [3.05, 3.63) is 30.3 Å². The van der Waals surface area contributed by atoms with E-state index >= 15 is 0 Å². The monoisotopic (exact) mass is 302 g/mol. The maximum Gasteiger partial charge on any atom is 0.320 e. The number of para-hydroxylation sites is 1. The first kappa shape index (κ1) is 14.8. The van der Waals surface area contributed by atoms with Crippen LogP contribution in [0.2, 0.25) is 0 Å². The van der Waals surface area contributed by atoms with Gasteiger partial charge < -0.3 is 20.0 Å². The van der Waals surface area contributed by atoms with Crippen LogP contribution in [-0.4, -0.2) is 67.6 Å². The molecule has 3 rings (SSSR count). The van der Waals surface area contributed by atoms with E-state index in [4.69, 9.17) is 0 Å². The summed E-state index contributed by atoms with van der Waals surface area (Å²) >= 11 is 0. The van der Waals surface area contributed by atoms with Crippen molar-refractivity contribution in [1.82, 2.24) is 15.1 Å². The van der Waals surface area contributed by atoms with Crippen LogP contribution in [0.25, 0.3) is 0 Å². The molecule has 6 nitrogen and oxygen atoms in total. The van der Waals surface area contributed by atoms with E-state index in [1.165, 1.54) is 0 Å². The molecule has 1 aromatic carbocycles. The van der Waals surface area contributed by atoms with Gasteiger partial charge in [0.1, 0.15) is 6.54 Å². The Morgan fingerprint density at radius 2 is 2.00 bits per heavy atom. The first-order chi connectivity index (χ1) is 10.5. The van der Waals surface area contributed by atoms with Crippen LogP contribution in [0.1, 0.15) is 6.42 Å². The zero-order valence-electron chi connectivity index (χ0n) is 13.1. The van der Waals surface area contributed by atoms with Gasteiger partial charge in [0.15, 0.2) is 0 Å². The van der Waals surface area contributed by atoms with E-state index in [0.29, 0.717) is 6.54 Å². The van der Waals surface area contributed by atoms with Gasteiger partial charge in [-0.3, -0.25) is 4.79 Å². The van der Waals surface area contributed by atoms with E-state index in [1.807, 2.05) is 35.2 Å². The minimum Gasteiger partial charge on any atom is -0.331 e. The number of hydrogen-bond acceptors (Lipinski definition) is 3. The third-order valence-electron chi connectivity index (χ3n) is 4.52. The molecule has 2 aliphatic rings.